The van der Waals surface area contributed by atoms with Gasteiger partial charge in [-0.25, -0.2) is 8.42 Å². The number of hydrogen-bond donors (Lipinski definition) is 1. The van der Waals surface area contributed by atoms with Gasteiger partial charge in [0, 0.05) is 16.3 Å². The molecule has 2 aromatic carbocycles. The number of thiocarbonyl (C=S) groups is 1. The lowest BCUT2D eigenvalue weighted by atomic mass is 10.1. The van der Waals surface area contributed by atoms with Crippen LogP contribution in [0.1, 0.15) is 12.0 Å². The van der Waals surface area contributed by atoms with Crippen LogP contribution in [0.25, 0.3) is 5.57 Å². The van der Waals surface area contributed by atoms with Gasteiger partial charge in [0.1, 0.15) is 10.9 Å². The van der Waals surface area contributed by atoms with E-state index in [1.54, 1.807) is 48.5 Å². The summed E-state index contributed by atoms with van der Waals surface area (Å²) in [7, 11) is -3.23. The topological polar surface area (TPSA) is 104 Å². The molecule has 0 radical (unpaired) electrons. The number of rotatable bonds is 4. The summed E-state index contributed by atoms with van der Waals surface area (Å²) in [6.07, 6.45) is 0.304. The Labute approximate surface area is 216 Å². The maximum absolute atomic E-state index is 13.5. The van der Waals surface area contributed by atoms with Gasteiger partial charge in [-0.2, -0.15) is 0 Å². The zero-order chi connectivity index (χ0) is 24.9. The number of halogens is 1. The minimum atomic E-state index is -3.23. The van der Waals surface area contributed by atoms with E-state index < -0.39 is 33.6 Å². The van der Waals surface area contributed by atoms with E-state index in [-0.39, 0.29) is 32.8 Å². The molecule has 2 fully saturated rings. The Kier molecular flexibility index (Phi) is 6.20. The molecule has 0 aromatic heterocycles. The van der Waals surface area contributed by atoms with Gasteiger partial charge in [0.05, 0.1) is 33.7 Å². The van der Waals surface area contributed by atoms with Crippen LogP contribution >= 0.6 is 35.6 Å². The average Bonchev–Trinajstić information content (AvgIpc) is 3.40. The molecule has 0 bridgehead atoms. The highest BCUT2D eigenvalue weighted by molar-refractivity contribution is 8.26. The van der Waals surface area contributed by atoms with E-state index in [1.165, 1.54) is 9.80 Å². The van der Waals surface area contributed by atoms with Crippen molar-refractivity contribution >= 4 is 84.4 Å². The van der Waals surface area contributed by atoms with E-state index in [9.17, 15) is 22.8 Å². The van der Waals surface area contributed by atoms with Gasteiger partial charge in [0.2, 0.25) is 5.91 Å². The highest BCUT2D eigenvalue weighted by atomic mass is 35.5. The Balaban J connectivity index is 1.44. The smallest absolute Gasteiger partial charge is 0.267 e. The van der Waals surface area contributed by atoms with Crippen molar-refractivity contribution in [1.82, 2.24) is 4.90 Å². The van der Waals surface area contributed by atoms with E-state index >= 15 is 0 Å². The molecule has 1 N–H and O–H groups in total. The predicted octanol–water partition coefficient (Wildman–Crippen LogP) is 3.08. The summed E-state index contributed by atoms with van der Waals surface area (Å²) in [5.74, 6) is -1.53. The molecule has 12 heteroatoms. The van der Waals surface area contributed by atoms with E-state index in [1.807, 2.05) is 0 Å². The molecule has 0 saturated carbocycles. The van der Waals surface area contributed by atoms with Crippen LogP contribution in [0.2, 0.25) is 5.02 Å². The molecule has 0 aliphatic carbocycles. The van der Waals surface area contributed by atoms with Gasteiger partial charge in [-0.15, -0.1) is 0 Å². The quantitative estimate of drug-likeness (QED) is 0.463. The van der Waals surface area contributed by atoms with E-state index in [2.05, 4.69) is 5.32 Å². The monoisotopic (exact) mass is 547 g/mol. The molecule has 2 saturated heterocycles. The lowest BCUT2D eigenvalue weighted by Gasteiger charge is -2.21. The van der Waals surface area contributed by atoms with Crippen LogP contribution in [-0.4, -0.2) is 59.5 Å². The zero-order valence-corrected chi connectivity index (χ0v) is 21.3. The van der Waals surface area contributed by atoms with Gasteiger partial charge in [0.25, 0.3) is 11.8 Å². The number of anilines is 2. The summed E-state index contributed by atoms with van der Waals surface area (Å²) < 4.78 is 24.1. The first-order valence-electron chi connectivity index (χ1n) is 10.6. The maximum Gasteiger partial charge on any atom is 0.267 e. The van der Waals surface area contributed by atoms with Gasteiger partial charge in [-0.3, -0.25) is 24.2 Å². The Hall–Kier alpha value is -2.73. The number of nitrogens with one attached hydrogen (secondary N) is 1. The highest BCUT2D eigenvalue weighted by Crippen LogP contribution is 2.45. The van der Waals surface area contributed by atoms with Gasteiger partial charge < -0.3 is 5.32 Å². The molecular formula is C23H18ClN3O5S3. The lowest BCUT2D eigenvalue weighted by Crippen LogP contribution is -2.39. The number of amides is 3. The van der Waals surface area contributed by atoms with Gasteiger partial charge in [-0.1, -0.05) is 53.8 Å². The molecule has 180 valence electrons. The van der Waals surface area contributed by atoms with E-state index in [0.717, 1.165) is 11.8 Å². The predicted molar refractivity (Wildman–Crippen MR) is 140 cm³/mol. The first-order chi connectivity index (χ1) is 16.6. The number of fused-ring (bicyclic) bond motifs is 1. The van der Waals surface area contributed by atoms with Gasteiger partial charge in [-0.05, 0) is 36.8 Å². The van der Waals surface area contributed by atoms with E-state index in [4.69, 9.17) is 23.8 Å². The normalized spacial score (nSPS) is 23.2. The molecule has 3 aliphatic rings. The Morgan fingerprint density at radius 3 is 2.51 bits per heavy atom. The molecule has 3 aliphatic heterocycles. The third kappa shape index (κ3) is 4.49. The molecule has 3 amide bonds. The van der Waals surface area contributed by atoms with Crippen molar-refractivity contribution in [3.63, 3.8) is 0 Å². The SMILES string of the molecule is O=C(CN1C(=O)C(=C2SC(=S)N(C3CCS(=O)(=O)C3)C2=O)c2ccccc21)Nc1ccc(Cl)cc1. The number of sulfone groups is 1. The van der Waals surface area contributed by atoms with Crippen molar-refractivity contribution in [2.24, 2.45) is 0 Å². The standard InChI is InChI=1S/C23H18ClN3O5S3/c24-13-5-7-14(8-6-13)25-18(28)11-26-17-4-2-1-3-16(17)19(21(26)29)20-22(30)27(23(33)34-20)15-9-10-35(31,32)12-15/h1-8,15H,9-12H2,(H,25,28). The maximum atomic E-state index is 13.5. The molecule has 3 heterocycles. The molecule has 5 rings (SSSR count). The summed E-state index contributed by atoms with van der Waals surface area (Å²) in [5, 5.41) is 3.27. The lowest BCUT2D eigenvalue weighted by molar-refractivity contribution is -0.123. The molecule has 2 aromatic rings. The number of nitrogens with zero attached hydrogens (tertiary/aromatic N) is 2. The minimum Gasteiger partial charge on any atom is -0.325 e. The largest absolute Gasteiger partial charge is 0.325 e. The Bertz CT molecular complexity index is 1420. The zero-order valence-electron chi connectivity index (χ0n) is 18.1. The second-order valence-electron chi connectivity index (χ2n) is 8.27. The number of hydrogen-bond acceptors (Lipinski definition) is 7. The molecule has 1 atom stereocenters. The Morgan fingerprint density at radius 1 is 1.11 bits per heavy atom. The fraction of sp³-hybridized carbons (Fsp3) is 0.217. The van der Waals surface area contributed by atoms with Crippen LogP contribution in [0, 0.1) is 0 Å². The van der Waals surface area contributed by atoms with Crippen molar-refractivity contribution in [3.05, 3.63) is 64.0 Å². The van der Waals surface area contributed by atoms with Crippen molar-refractivity contribution in [3.8, 4) is 0 Å². The fourth-order valence-electron chi connectivity index (χ4n) is 4.36. The molecule has 35 heavy (non-hydrogen) atoms. The van der Waals surface area contributed by atoms with Crippen LogP contribution in [0.4, 0.5) is 11.4 Å². The summed E-state index contributed by atoms with van der Waals surface area (Å²) >= 11 is 12.3. The molecule has 1 unspecified atom stereocenters. The highest BCUT2D eigenvalue weighted by Gasteiger charge is 2.46. The van der Waals surface area contributed by atoms with Crippen LogP contribution in [0.3, 0.4) is 0 Å². The van der Waals surface area contributed by atoms with Crippen LogP contribution in [0.5, 0.6) is 0 Å². The molecule has 0 spiro atoms. The van der Waals surface area contributed by atoms with Crippen LogP contribution < -0.4 is 10.2 Å². The van der Waals surface area contributed by atoms with Crippen molar-refractivity contribution in [1.29, 1.82) is 0 Å². The number of carbonyl (C=O) groups is 3. The Morgan fingerprint density at radius 2 is 1.83 bits per heavy atom. The first-order valence-corrected chi connectivity index (χ1v) is 14.0. The molecular weight excluding hydrogens is 530 g/mol. The van der Waals surface area contributed by atoms with Gasteiger partial charge in [0.15, 0.2) is 9.84 Å². The van der Waals surface area contributed by atoms with E-state index in [0.29, 0.717) is 28.4 Å². The fourth-order valence-corrected chi connectivity index (χ4v) is 7.66. The van der Waals surface area contributed by atoms with Crippen LogP contribution in [-0.2, 0) is 24.2 Å². The van der Waals surface area contributed by atoms with Crippen LogP contribution in [0.15, 0.2) is 53.4 Å². The summed E-state index contributed by atoms with van der Waals surface area (Å²) in [5.41, 5.74) is 1.73. The second kappa shape index (κ2) is 9.05. The summed E-state index contributed by atoms with van der Waals surface area (Å²) in [6, 6.07) is 13.0. The van der Waals surface area contributed by atoms with Crippen molar-refractivity contribution in [2.75, 3.05) is 28.3 Å². The van der Waals surface area contributed by atoms with Crippen molar-refractivity contribution < 1.29 is 22.8 Å². The number of thioether (sulfide) groups is 1. The third-order valence-electron chi connectivity index (χ3n) is 5.95. The van der Waals surface area contributed by atoms with Crippen molar-refractivity contribution in [2.45, 2.75) is 12.5 Å². The third-order valence-corrected chi connectivity index (χ3v) is 9.36. The number of carbonyl (C=O) groups excluding carboxylic acids is 3. The first kappa shape index (κ1) is 24.0. The number of para-hydroxylation sites is 1. The second-order valence-corrected chi connectivity index (χ2v) is 12.6. The summed E-state index contributed by atoms with van der Waals surface area (Å²) in [4.78, 5) is 42.4. The number of benzene rings is 2. The van der Waals surface area contributed by atoms with Gasteiger partial charge >= 0.3 is 0 Å². The average molecular weight is 548 g/mol. The molecule has 8 nitrogen and oxygen atoms in total. The minimum absolute atomic E-state index is 0.00109. The summed E-state index contributed by atoms with van der Waals surface area (Å²) in [6.45, 7) is -0.261.